The number of hydrogen-bond acceptors (Lipinski definition) is 3. The zero-order chi connectivity index (χ0) is 17.6. The maximum absolute atomic E-state index is 12.2. The minimum absolute atomic E-state index is 0.0312. The van der Waals surface area contributed by atoms with E-state index in [1.54, 1.807) is 0 Å². The Balaban J connectivity index is 1.59. The van der Waals surface area contributed by atoms with Crippen molar-refractivity contribution in [2.24, 2.45) is 0 Å². The first-order valence-corrected chi connectivity index (χ1v) is 8.75. The van der Waals surface area contributed by atoms with E-state index < -0.39 is 0 Å². The fourth-order valence-electron chi connectivity index (χ4n) is 3.19. The van der Waals surface area contributed by atoms with Gasteiger partial charge in [0.05, 0.1) is 6.61 Å². The Morgan fingerprint density at radius 3 is 2.52 bits per heavy atom. The number of amides is 2. The number of anilines is 2. The van der Waals surface area contributed by atoms with Crippen molar-refractivity contribution in [3.63, 3.8) is 0 Å². The van der Waals surface area contributed by atoms with E-state index in [2.05, 4.69) is 27.7 Å². The van der Waals surface area contributed by atoms with Gasteiger partial charge in [0.1, 0.15) is 0 Å². The molecule has 0 unspecified atom stereocenters. The molecule has 0 atom stereocenters. The van der Waals surface area contributed by atoms with Gasteiger partial charge in [0.2, 0.25) is 0 Å². The first kappa shape index (κ1) is 17.3. The summed E-state index contributed by atoms with van der Waals surface area (Å²) >= 11 is 0. The fourth-order valence-corrected chi connectivity index (χ4v) is 3.19. The molecule has 132 valence electrons. The van der Waals surface area contributed by atoms with Crippen molar-refractivity contribution in [2.45, 2.75) is 32.9 Å². The van der Waals surface area contributed by atoms with E-state index in [0.29, 0.717) is 6.54 Å². The number of carbonyl (C=O) groups is 1. The number of rotatable bonds is 5. The first-order valence-electron chi connectivity index (χ1n) is 8.75. The number of hydrogen-bond donors (Lipinski definition) is 3. The van der Waals surface area contributed by atoms with Crippen LogP contribution in [0.4, 0.5) is 16.2 Å². The van der Waals surface area contributed by atoms with Crippen molar-refractivity contribution < 1.29 is 9.90 Å². The van der Waals surface area contributed by atoms with Crippen molar-refractivity contribution in [3.8, 4) is 0 Å². The number of aliphatic hydroxyl groups is 1. The molecule has 1 aliphatic rings. The van der Waals surface area contributed by atoms with Crippen molar-refractivity contribution in [2.75, 3.05) is 23.3 Å². The molecule has 5 nitrogen and oxygen atoms in total. The van der Waals surface area contributed by atoms with Gasteiger partial charge in [-0.1, -0.05) is 24.3 Å². The molecule has 3 rings (SSSR count). The minimum Gasteiger partial charge on any atom is -0.392 e. The van der Waals surface area contributed by atoms with Crippen LogP contribution in [0.3, 0.4) is 0 Å². The number of benzene rings is 2. The van der Waals surface area contributed by atoms with Crippen molar-refractivity contribution in [3.05, 3.63) is 59.2 Å². The summed E-state index contributed by atoms with van der Waals surface area (Å²) in [6.07, 6.45) is 2.49. The highest BCUT2D eigenvalue weighted by molar-refractivity contribution is 5.90. The van der Waals surface area contributed by atoms with Crippen LogP contribution in [0, 0.1) is 6.92 Å². The molecule has 2 aromatic rings. The van der Waals surface area contributed by atoms with E-state index in [1.807, 2.05) is 37.3 Å². The molecule has 1 aliphatic heterocycles. The normalized spacial score (nSPS) is 13.8. The number of nitrogens with one attached hydrogen (secondary N) is 2. The predicted molar refractivity (Wildman–Crippen MR) is 101 cm³/mol. The Kier molecular flexibility index (Phi) is 5.56. The second kappa shape index (κ2) is 8.03. The number of aryl methyl sites for hydroxylation is 1. The van der Waals surface area contributed by atoms with Gasteiger partial charge in [-0.25, -0.2) is 4.79 Å². The Hall–Kier alpha value is -2.53. The lowest BCUT2D eigenvalue weighted by molar-refractivity contribution is 0.251. The topological polar surface area (TPSA) is 64.6 Å². The third-order valence-electron chi connectivity index (χ3n) is 4.66. The smallest absolute Gasteiger partial charge is 0.319 e. The molecule has 2 amide bonds. The Morgan fingerprint density at radius 2 is 1.84 bits per heavy atom. The summed E-state index contributed by atoms with van der Waals surface area (Å²) in [7, 11) is 0. The summed E-state index contributed by atoms with van der Waals surface area (Å²) in [4.78, 5) is 14.6. The molecule has 0 bridgehead atoms. The van der Waals surface area contributed by atoms with Gasteiger partial charge < -0.3 is 20.6 Å². The molecule has 3 N–H and O–H groups in total. The highest BCUT2D eigenvalue weighted by Crippen LogP contribution is 2.25. The maximum atomic E-state index is 12.2. The van der Waals surface area contributed by atoms with Gasteiger partial charge >= 0.3 is 6.03 Å². The Morgan fingerprint density at radius 1 is 1.12 bits per heavy atom. The van der Waals surface area contributed by atoms with Gasteiger partial charge in [-0.05, 0) is 54.7 Å². The second-order valence-corrected chi connectivity index (χ2v) is 6.43. The molecule has 1 saturated heterocycles. The molecule has 0 aliphatic carbocycles. The Labute approximate surface area is 148 Å². The van der Waals surface area contributed by atoms with Crippen LogP contribution in [0.15, 0.2) is 42.5 Å². The standard InChI is InChI=1S/C20H25N3O2/c1-15-12-18(23-10-4-5-11-23)8-9-19(15)22-20(25)21-13-16-6-2-3-7-17(16)14-24/h2-3,6-9,12,24H,4-5,10-11,13-14H2,1H3,(H2,21,22,25). The molecule has 1 heterocycles. The molecule has 2 aromatic carbocycles. The van der Waals surface area contributed by atoms with Gasteiger partial charge in [0.15, 0.2) is 0 Å². The lowest BCUT2D eigenvalue weighted by Crippen LogP contribution is -2.29. The van der Waals surface area contributed by atoms with Crippen molar-refractivity contribution >= 4 is 17.4 Å². The molecule has 25 heavy (non-hydrogen) atoms. The van der Waals surface area contributed by atoms with Crippen LogP contribution in [0.25, 0.3) is 0 Å². The lowest BCUT2D eigenvalue weighted by atomic mass is 10.1. The average Bonchev–Trinajstić information content (AvgIpc) is 3.16. The van der Waals surface area contributed by atoms with E-state index in [1.165, 1.54) is 18.5 Å². The third-order valence-corrected chi connectivity index (χ3v) is 4.66. The van der Waals surface area contributed by atoms with Crippen LogP contribution >= 0.6 is 0 Å². The van der Waals surface area contributed by atoms with E-state index in [9.17, 15) is 9.90 Å². The fraction of sp³-hybridized carbons (Fsp3) is 0.350. The molecule has 1 fully saturated rings. The highest BCUT2D eigenvalue weighted by Gasteiger charge is 2.13. The van der Waals surface area contributed by atoms with Crippen LogP contribution in [0.1, 0.15) is 29.5 Å². The number of aliphatic hydroxyl groups excluding tert-OH is 1. The van der Waals surface area contributed by atoms with Gasteiger partial charge in [-0.2, -0.15) is 0 Å². The summed E-state index contributed by atoms with van der Waals surface area (Å²) in [5.41, 5.74) is 4.83. The molecule has 0 saturated carbocycles. The van der Waals surface area contributed by atoms with E-state index in [4.69, 9.17) is 0 Å². The van der Waals surface area contributed by atoms with Gasteiger partial charge in [-0.3, -0.25) is 0 Å². The average molecular weight is 339 g/mol. The summed E-state index contributed by atoms with van der Waals surface area (Å²) in [5, 5.41) is 15.1. The number of nitrogens with zero attached hydrogens (tertiary/aromatic N) is 1. The van der Waals surface area contributed by atoms with Crippen LogP contribution in [0.2, 0.25) is 0 Å². The van der Waals surface area contributed by atoms with Gasteiger partial charge in [0, 0.05) is 31.0 Å². The summed E-state index contributed by atoms with van der Waals surface area (Å²) in [6.45, 7) is 4.58. The third kappa shape index (κ3) is 4.31. The number of carbonyl (C=O) groups excluding carboxylic acids is 1. The number of urea groups is 1. The van der Waals surface area contributed by atoms with Crippen molar-refractivity contribution in [1.29, 1.82) is 0 Å². The highest BCUT2D eigenvalue weighted by atomic mass is 16.3. The minimum atomic E-state index is -0.246. The van der Waals surface area contributed by atoms with Crippen LogP contribution in [-0.4, -0.2) is 24.2 Å². The maximum Gasteiger partial charge on any atom is 0.319 e. The zero-order valence-electron chi connectivity index (χ0n) is 14.6. The Bertz CT molecular complexity index is 739. The van der Waals surface area contributed by atoms with Crippen LogP contribution in [0.5, 0.6) is 0 Å². The second-order valence-electron chi connectivity index (χ2n) is 6.43. The van der Waals surface area contributed by atoms with E-state index in [0.717, 1.165) is 35.5 Å². The van der Waals surface area contributed by atoms with Crippen molar-refractivity contribution in [1.82, 2.24) is 5.32 Å². The van der Waals surface area contributed by atoms with E-state index >= 15 is 0 Å². The van der Waals surface area contributed by atoms with Gasteiger partial charge in [-0.15, -0.1) is 0 Å². The molecule has 0 spiro atoms. The molecule has 5 heteroatoms. The summed E-state index contributed by atoms with van der Waals surface area (Å²) < 4.78 is 0. The molecular formula is C20H25N3O2. The summed E-state index contributed by atoms with van der Waals surface area (Å²) in [6, 6.07) is 13.4. The lowest BCUT2D eigenvalue weighted by Gasteiger charge is -2.19. The quantitative estimate of drug-likeness (QED) is 0.782. The van der Waals surface area contributed by atoms with Crippen LogP contribution < -0.4 is 15.5 Å². The van der Waals surface area contributed by atoms with E-state index in [-0.39, 0.29) is 12.6 Å². The zero-order valence-corrected chi connectivity index (χ0v) is 14.6. The molecular weight excluding hydrogens is 314 g/mol. The monoisotopic (exact) mass is 339 g/mol. The predicted octanol–water partition coefficient (Wildman–Crippen LogP) is 3.41. The van der Waals surface area contributed by atoms with Gasteiger partial charge in [0.25, 0.3) is 0 Å². The largest absolute Gasteiger partial charge is 0.392 e. The SMILES string of the molecule is Cc1cc(N2CCCC2)ccc1NC(=O)NCc1ccccc1CO. The van der Waals surface area contributed by atoms with Crippen LogP contribution in [-0.2, 0) is 13.2 Å². The molecule has 0 aromatic heterocycles. The molecule has 0 radical (unpaired) electrons. The summed E-state index contributed by atoms with van der Waals surface area (Å²) in [5.74, 6) is 0. The first-order chi connectivity index (χ1) is 12.2.